The fourth-order valence-corrected chi connectivity index (χ4v) is 2.13. The largest absolute Gasteiger partial charge is 0.488 e. The van der Waals surface area contributed by atoms with E-state index in [1.807, 2.05) is 25.1 Å². The smallest absolute Gasteiger partial charge is 0.138 e. The molecule has 0 saturated heterocycles. The van der Waals surface area contributed by atoms with E-state index in [1.54, 1.807) is 0 Å². The highest BCUT2D eigenvalue weighted by molar-refractivity contribution is 6.32. The van der Waals surface area contributed by atoms with Crippen LogP contribution in [-0.4, -0.2) is 19.2 Å². The highest BCUT2D eigenvalue weighted by Crippen LogP contribution is 2.26. The lowest BCUT2D eigenvalue weighted by atomic mass is 10.2. The average molecular weight is 270 g/mol. The Balaban J connectivity index is 2.58. The zero-order chi connectivity index (χ0) is 13.4. The van der Waals surface area contributed by atoms with Gasteiger partial charge in [-0.15, -0.1) is 0 Å². The van der Waals surface area contributed by atoms with Crippen LogP contribution in [0, 0.1) is 6.92 Å². The van der Waals surface area contributed by atoms with Gasteiger partial charge in [0.1, 0.15) is 11.9 Å². The Morgan fingerprint density at radius 2 is 2.06 bits per heavy atom. The predicted octanol–water partition coefficient (Wildman–Crippen LogP) is 4.20. The summed E-state index contributed by atoms with van der Waals surface area (Å²) in [5.74, 6) is 0.791. The minimum absolute atomic E-state index is 0.196. The van der Waals surface area contributed by atoms with Crippen molar-refractivity contribution < 1.29 is 4.74 Å². The first-order valence-electron chi connectivity index (χ1n) is 6.80. The SMILES string of the molecule is CCCNCC(CCC)Oc1ccc(C)cc1Cl. The lowest BCUT2D eigenvalue weighted by molar-refractivity contribution is 0.187. The van der Waals surface area contributed by atoms with Crippen LogP contribution in [0.25, 0.3) is 0 Å². The second-order valence-electron chi connectivity index (χ2n) is 4.67. The third-order valence-corrected chi connectivity index (χ3v) is 3.09. The molecule has 1 unspecified atom stereocenters. The number of ether oxygens (including phenoxy) is 1. The fraction of sp³-hybridized carbons (Fsp3) is 0.600. The summed E-state index contributed by atoms with van der Waals surface area (Å²) in [5.41, 5.74) is 1.16. The first kappa shape index (κ1) is 15.3. The molecule has 0 radical (unpaired) electrons. The van der Waals surface area contributed by atoms with E-state index in [0.29, 0.717) is 5.02 Å². The Morgan fingerprint density at radius 3 is 2.67 bits per heavy atom. The molecule has 0 aliphatic rings. The number of halogens is 1. The summed E-state index contributed by atoms with van der Waals surface area (Å²) >= 11 is 6.19. The molecule has 2 nitrogen and oxygen atoms in total. The molecule has 0 spiro atoms. The Bertz CT molecular complexity index is 354. The average Bonchev–Trinajstić information content (AvgIpc) is 2.33. The van der Waals surface area contributed by atoms with Gasteiger partial charge in [-0.3, -0.25) is 0 Å². The lowest BCUT2D eigenvalue weighted by Gasteiger charge is -2.20. The van der Waals surface area contributed by atoms with Crippen molar-refractivity contribution in [2.24, 2.45) is 0 Å². The van der Waals surface area contributed by atoms with Crippen LogP contribution in [0.3, 0.4) is 0 Å². The number of nitrogens with one attached hydrogen (secondary N) is 1. The van der Waals surface area contributed by atoms with E-state index in [-0.39, 0.29) is 6.10 Å². The zero-order valence-electron chi connectivity index (χ0n) is 11.6. The second-order valence-corrected chi connectivity index (χ2v) is 5.07. The second kappa shape index (κ2) is 8.39. The molecule has 0 heterocycles. The molecule has 18 heavy (non-hydrogen) atoms. The summed E-state index contributed by atoms with van der Waals surface area (Å²) in [7, 11) is 0. The molecule has 1 N–H and O–H groups in total. The number of hydrogen-bond acceptors (Lipinski definition) is 2. The lowest BCUT2D eigenvalue weighted by Crippen LogP contribution is -2.31. The van der Waals surface area contributed by atoms with Crippen LogP contribution in [0.15, 0.2) is 18.2 Å². The van der Waals surface area contributed by atoms with Gasteiger partial charge in [0, 0.05) is 6.54 Å². The van der Waals surface area contributed by atoms with Crippen LogP contribution >= 0.6 is 11.6 Å². The van der Waals surface area contributed by atoms with Gasteiger partial charge in [0.15, 0.2) is 0 Å². The normalized spacial score (nSPS) is 12.4. The summed E-state index contributed by atoms with van der Waals surface area (Å²) in [6, 6.07) is 5.93. The highest BCUT2D eigenvalue weighted by Gasteiger charge is 2.11. The molecule has 0 amide bonds. The van der Waals surface area contributed by atoms with Crippen molar-refractivity contribution in [1.29, 1.82) is 0 Å². The van der Waals surface area contributed by atoms with Crippen molar-refractivity contribution in [2.45, 2.75) is 46.1 Å². The van der Waals surface area contributed by atoms with Crippen molar-refractivity contribution >= 4 is 11.6 Å². The molecule has 0 saturated carbocycles. The van der Waals surface area contributed by atoms with Crippen LogP contribution in [0.4, 0.5) is 0 Å². The summed E-state index contributed by atoms with van der Waals surface area (Å²) in [6.45, 7) is 8.28. The van der Waals surface area contributed by atoms with Crippen LogP contribution in [0.2, 0.25) is 5.02 Å². The minimum atomic E-state index is 0.196. The standard InChI is InChI=1S/C15H24ClNO/c1-4-6-13(11-17-9-5-2)18-15-8-7-12(3)10-14(15)16/h7-8,10,13,17H,4-6,9,11H2,1-3H3. The molecule has 0 fully saturated rings. The minimum Gasteiger partial charge on any atom is -0.488 e. The van der Waals surface area contributed by atoms with E-state index in [4.69, 9.17) is 16.3 Å². The molecule has 1 aromatic carbocycles. The molecule has 1 atom stereocenters. The van der Waals surface area contributed by atoms with Gasteiger partial charge in [0.2, 0.25) is 0 Å². The van der Waals surface area contributed by atoms with Gasteiger partial charge in [0.25, 0.3) is 0 Å². The zero-order valence-corrected chi connectivity index (χ0v) is 12.4. The van der Waals surface area contributed by atoms with E-state index in [2.05, 4.69) is 19.2 Å². The maximum absolute atomic E-state index is 6.19. The van der Waals surface area contributed by atoms with Gasteiger partial charge in [-0.1, -0.05) is 37.9 Å². The van der Waals surface area contributed by atoms with Gasteiger partial charge in [-0.05, 0) is 44.0 Å². The Kier molecular flexibility index (Phi) is 7.14. The van der Waals surface area contributed by atoms with Crippen molar-refractivity contribution in [3.63, 3.8) is 0 Å². The Morgan fingerprint density at radius 1 is 1.28 bits per heavy atom. The maximum atomic E-state index is 6.19. The van der Waals surface area contributed by atoms with Crippen LogP contribution in [0.1, 0.15) is 38.7 Å². The topological polar surface area (TPSA) is 21.3 Å². The predicted molar refractivity (Wildman–Crippen MR) is 78.7 cm³/mol. The van der Waals surface area contributed by atoms with E-state index in [0.717, 1.165) is 43.7 Å². The Labute approximate surface area is 116 Å². The van der Waals surface area contributed by atoms with Crippen LogP contribution in [-0.2, 0) is 0 Å². The van der Waals surface area contributed by atoms with Gasteiger partial charge in [-0.2, -0.15) is 0 Å². The van der Waals surface area contributed by atoms with E-state index >= 15 is 0 Å². The van der Waals surface area contributed by atoms with Crippen molar-refractivity contribution in [1.82, 2.24) is 5.32 Å². The van der Waals surface area contributed by atoms with Crippen molar-refractivity contribution in [2.75, 3.05) is 13.1 Å². The molecule has 0 aliphatic heterocycles. The van der Waals surface area contributed by atoms with Gasteiger partial charge in [0.05, 0.1) is 5.02 Å². The van der Waals surface area contributed by atoms with Gasteiger partial charge < -0.3 is 10.1 Å². The molecule has 1 rings (SSSR count). The number of rotatable bonds is 8. The number of hydrogen-bond donors (Lipinski definition) is 1. The van der Waals surface area contributed by atoms with Crippen molar-refractivity contribution in [3.8, 4) is 5.75 Å². The summed E-state index contributed by atoms with van der Waals surface area (Å²) in [6.07, 6.45) is 3.49. The van der Waals surface area contributed by atoms with Gasteiger partial charge in [-0.25, -0.2) is 0 Å². The van der Waals surface area contributed by atoms with E-state index < -0.39 is 0 Å². The third kappa shape index (κ3) is 5.28. The van der Waals surface area contributed by atoms with Crippen LogP contribution in [0.5, 0.6) is 5.75 Å². The fourth-order valence-electron chi connectivity index (χ4n) is 1.85. The highest BCUT2D eigenvalue weighted by atomic mass is 35.5. The molecule has 0 aromatic heterocycles. The summed E-state index contributed by atoms with van der Waals surface area (Å²) in [5, 5.41) is 4.10. The first-order valence-corrected chi connectivity index (χ1v) is 7.18. The number of aryl methyl sites for hydroxylation is 1. The molecule has 102 valence electrons. The van der Waals surface area contributed by atoms with Crippen LogP contribution < -0.4 is 10.1 Å². The first-order chi connectivity index (χ1) is 8.67. The molecule has 0 bridgehead atoms. The van der Waals surface area contributed by atoms with Crippen molar-refractivity contribution in [3.05, 3.63) is 28.8 Å². The van der Waals surface area contributed by atoms with E-state index in [9.17, 15) is 0 Å². The van der Waals surface area contributed by atoms with Gasteiger partial charge >= 0.3 is 0 Å². The molecule has 0 aliphatic carbocycles. The third-order valence-electron chi connectivity index (χ3n) is 2.79. The molecule has 3 heteroatoms. The monoisotopic (exact) mass is 269 g/mol. The maximum Gasteiger partial charge on any atom is 0.138 e. The van der Waals surface area contributed by atoms with E-state index in [1.165, 1.54) is 0 Å². The number of benzene rings is 1. The summed E-state index contributed by atoms with van der Waals surface area (Å²) in [4.78, 5) is 0. The molecule has 1 aromatic rings. The molecular formula is C15H24ClNO. The Hall–Kier alpha value is -0.730. The summed E-state index contributed by atoms with van der Waals surface area (Å²) < 4.78 is 5.99. The quantitative estimate of drug-likeness (QED) is 0.715. The molecular weight excluding hydrogens is 246 g/mol.